The summed E-state index contributed by atoms with van der Waals surface area (Å²) >= 11 is 0. The molecule has 0 bridgehead atoms. The highest BCUT2D eigenvalue weighted by Gasteiger charge is 2.15. The Balaban J connectivity index is 1.98. The van der Waals surface area contributed by atoms with Crippen LogP contribution in [0, 0.1) is 0 Å². The molecule has 1 aliphatic heterocycles. The minimum absolute atomic E-state index is 0.230. The average molecular weight is 309 g/mol. The number of nitrogens with zero attached hydrogens (tertiary/aromatic N) is 2. The maximum atomic E-state index is 11.9. The van der Waals surface area contributed by atoms with Gasteiger partial charge in [0.05, 0.1) is 5.56 Å². The van der Waals surface area contributed by atoms with Gasteiger partial charge < -0.3 is 9.30 Å². The lowest BCUT2D eigenvalue weighted by molar-refractivity contribution is -0.198. The molecule has 1 unspecified atom stereocenters. The highest BCUT2D eigenvalue weighted by Crippen LogP contribution is 2.12. The van der Waals surface area contributed by atoms with Crippen LogP contribution in [0.15, 0.2) is 21.9 Å². The monoisotopic (exact) mass is 309 g/mol. The van der Waals surface area contributed by atoms with Crippen LogP contribution in [0.3, 0.4) is 0 Å². The zero-order chi connectivity index (χ0) is 16.1. The number of hydrogen-bond donors (Lipinski definition) is 1. The first-order valence-corrected chi connectivity index (χ1v) is 7.01. The van der Waals surface area contributed by atoms with E-state index in [1.54, 1.807) is 0 Å². The van der Waals surface area contributed by atoms with E-state index in [1.165, 1.54) is 37.0 Å². The van der Waals surface area contributed by atoms with Crippen molar-refractivity contribution in [3.63, 3.8) is 0 Å². The van der Waals surface area contributed by atoms with Crippen LogP contribution in [-0.4, -0.2) is 27.9 Å². The number of amides is 1. The van der Waals surface area contributed by atoms with Gasteiger partial charge in [-0.05, 0) is 18.9 Å². The fourth-order valence-corrected chi connectivity index (χ4v) is 2.08. The van der Waals surface area contributed by atoms with E-state index >= 15 is 0 Å². The molecule has 0 aliphatic carbocycles. The van der Waals surface area contributed by atoms with E-state index < -0.39 is 23.4 Å². The third-order valence-corrected chi connectivity index (χ3v) is 3.32. The largest absolute Gasteiger partial charge is 0.350 e. The van der Waals surface area contributed by atoms with E-state index in [2.05, 4.69) is 5.48 Å². The van der Waals surface area contributed by atoms with E-state index in [1.807, 2.05) is 0 Å². The molecular formula is C14H19N3O5. The Morgan fingerprint density at radius 1 is 1.41 bits per heavy atom. The fourth-order valence-electron chi connectivity index (χ4n) is 2.08. The molecule has 1 atom stereocenters. The van der Waals surface area contributed by atoms with Crippen LogP contribution in [0.25, 0.3) is 6.08 Å². The molecule has 1 N–H and O–H groups in total. The molecule has 1 aromatic rings. The molecule has 0 spiro atoms. The van der Waals surface area contributed by atoms with Crippen molar-refractivity contribution >= 4 is 12.0 Å². The van der Waals surface area contributed by atoms with Crippen LogP contribution < -0.4 is 16.7 Å². The van der Waals surface area contributed by atoms with Gasteiger partial charge in [0, 0.05) is 39.4 Å². The van der Waals surface area contributed by atoms with Crippen molar-refractivity contribution in [3.8, 4) is 0 Å². The Labute approximate surface area is 126 Å². The van der Waals surface area contributed by atoms with Crippen LogP contribution in [-0.2, 0) is 28.5 Å². The van der Waals surface area contributed by atoms with Crippen molar-refractivity contribution in [2.24, 2.45) is 14.1 Å². The summed E-state index contributed by atoms with van der Waals surface area (Å²) < 4.78 is 7.55. The lowest BCUT2D eigenvalue weighted by atomic mass is 10.2. The molecule has 1 fully saturated rings. The van der Waals surface area contributed by atoms with Crippen LogP contribution in [0.1, 0.15) is 24.8 Å². The predicted octanol–water partition coefficient (Wildman–Crippen LogP) is -0.328. The Morgan fingerprint density at radius 2 is 2.18 bits per heavy atom. The SMILES string of the molecule is Cn1cc(C=CC(=O)NOC2CCCCO2)c(=O)n(C)c1=O. The number of carbonyl (C=O) groups excluding carboxylic acids is 1. The summed E-state index contributed by atoms with van der Waals surface area (Å²) in [4.78, 5) is 40.2. The summed E-state index contributed by atoms with van der Waals surface area (Å²) in [6.07, 6.45) is 6.15. The highest BCUT2D eigenvalue weighted by molar-refractivity contribution is 5.90. The van der Waals surface area contributed by atoms with Crippen molar-refractivity contribution in [2.75, 3.05) is 6.61 Å². The van der Waals surface area contributed by atoms with Crippen molar-refractivity contribution in [1.29, 1.82) is 0 Å². The van der Waals surface area contributed by atoms with E-state index in [9.17, 15) is 14.4 Å². The summed E-state index contributed by atoms with van der Waals surface area (Å²) in [5, 5.41) is 0. The smallest absolute Gasteiger partial charge is 0.330 e. The molecule has 0 aromatic carbocycles. The molecule has 0 radical (unpaired) electrons. The second-order valence-corrected chi connectivity index (χ2v) is 5.06. The Bertz CT molecular complexity index is 683. The average Bonchev–Trinajstić information content (AvgIpc) is 2.54. The van der Waals surface area contributed by atoms with Crippen molar-refractivity contribution in [1.82, 2.24) is 14.6 Å². The first-order chi connectivity index (χ1) is 10.5. The van der Waals surface area contributed by atoms with Crippen molar-refractivity contribution in [2.45, 2.75) is 25.6 Å². The molecule has 1 aromatic heterocycles. The molecule has 2 heterocycles. The molecule has 0 saturated carbocycles. The lowest BCUT2D eigenvalue weighted by Gasteiger charge is -2.21. The van der Waals surface area contributed by atoms with Gasteiger partial charge in [-0.15, -0.1) is 0 Å². The van der Waals surface area contributed by atoms with Crippen LogP contribution >= 0.6 is 0 Å². The molecule has 22 heavy (non-hydrogen) atoms. The van der Waals surface area contributed by atoms with Gasteiger partial charge in [0.15, 0.2) is 6.29 Å². The van der Waals surface area contributed by atoms with Crippen LogP contribution in [0.4, 0.5) is 0 Å². The van der Waals surface area contributed by atoms with Gasteiger partial charge in [-0.2, -0.15) is 0 Å². The second-order valence-electron chi connectivity index (χ2n) is 5.06. The molecule has 120 valence electrons. The number of carbonyl (C=O) groups is 1. The summed E-state index contributed by atoms with van der Waals surface area (Å²) in [6, 6.07) is 0. The summed E-state index contributed by atoms with van der Waals surface area (Å²) in [5.41, 5.74) is 1.59. The maximum Gasteiger partial charge on any atom is 0.330 e. The number of aromatic nitrogens is 2. The summed E-state index contributed by atoms with van der Waals surface area (Å²) in [7, 11) is 2.91. The molecule has 1 amide bonds. The quantitative estimate of drug-likeness (QED) is 0.607. The third kappa shape index (κ3) is 3.92. The number of ether oxygens (including phenoxy) is 1. The lowest BCUT2D eigenvalue weighted by Crippen LogP contribution is -2.37. The normalized spacial score (nSPS) is 18.5. The fraction of sp³-hybridized carbons (Fsp3) is 0.500. The number of aryl methyl sites for hydroxylation is 1. The van der Waals surface area contributed by atoms with Crippen molar-refractivity contribution in [3.05, 3.63) is 38.7 Å². The van der Waals surface area contributed by atoms with Gasteiger partial charge in [-0.25, -0.2) is 15.1 Å². The first kappa shape index (κ1) is 16.2. The molecule has 8 heteroatoms. The highest BCUT2D eigenvalue weighted by atomic mass is 16.8. The minimum atomic E-state index is -0.509. The van der Waals surface area contributed by atoms with Crippen LogP contribution in [0.5, 0.6) is 0 Å². The molecule has 8 nitrogen and oxygen atoms in total. The zero-order valence-corrected chi connectivity index (χ0v) is 12.6. The number of hydrogen-bond acceptors (Lipinski definition) is 5. The molecule has 1 saturated heterocycles. The van der Waals surface area contributed by atoms with Gasteiger partial charge in [0.1, 0.15) is 0 Å². The topological polar surface area (TPSA) is 91.6 Å². The van der Waals surface area contributed by atoms with Gasteiger partial charge in [-0.3, -0.25) is 14.2 Å². The van der Waals surface area contributed by atoms with Gasteiger partial charge in [0.2, 0.25) is 0 Å². The van der Waals surface area contributed by atoms with E-state index in [-0.39, 0.29) is 5.56 Å². The maximum absolute atomic E-state index is 11.9. The summed E-state index contributed by atoms with van der Waals surface area (Å²) in [5.74, 6) is -0.509. The second kappa shape index (κ2) is 7.19. The zero-order valence-electron chi connectivity index (χ0n) is 12.6. The van der Waals surface area contributed by atoms with Gasteiger partial charge >= 0.3 is 5.69 Å². The Hall–Kier alpha value is -2.19. The van der Waals surface area contributed by atoms with Crippen molar-refractivity contribution < 1.29 is 14.4 Å². The van der Waals surface area contributed by atoms with E-state index in [0.717, 1.165) is 23.8 Å². The minimum Gasteiger partial charge on any atom is -0.350 e. The van der Waals surface area contributed by atoms with Crippen LogP contribution in [0.2, 0.25) is 0 Å². The molecular weight excluding hydrogens is 290 g/mol. The number of nitrogens with one attached hydrogen (secondary N) is 1. The van der Waals surface area contributed by atoms with E-state index in [0.29, 0.717) is 6.61 Å². The predicted molar refractivity (Wildman–Crippen MR) is 78.8 cm³/mol. The van der Waals surface area contributed by atoms with Gasteiger partial charge in [0.25, 0.3) is 11.5 Å². The molecule has 2 rings (SSSR count). The number of hydroxylamine groups is 1. The molecule has 1 aliphatic rings. The third-order valence-electron chi connectivity index (χ3n) is 3.32. The van der Waals surface area contributed by atoms with E-state index in [4.69, 9.17) is 9.57 Å². The first-order valence-electron chi connectivity index (χ1n) is 7.01. The standard InChI is InChI=1S/C14H19N3O5/c1-16-9-10(13(19)17(2)14(16)20)6-7-11(18)15-22-12-5-3-4-8-21-12/h6-7,9,12H,3-5,8H2,1-2H3,(H,15,18). The number of rotatable bonds is 4. The Morgan fingerprint density at radius 3 is 2.86 bits per heavy atom. The Kier molecular flexibility index (Phi) is 5.29. The van der Waals surface area contributed by atoms with Gasteiger partial charge in [-0.1, -0.05) is 0 Å². The summed E-state index contributed by atoms with van der Waals surface area (Å²) in [6.45, 7) is 0.616.